The topological polar surface area (TPSA) is 88.5 Å². The van der Waals surface area contributed by atoms with Crippen molar-refractivity contribution in [3.05, 3.63) is 57.7 Å². The number of thiazole rings is 1. The Labute approximate surface area is 186 Å². The van der Waals surface area contributed by atoms with Gasteiger partial charge in [-0.05, 0) is 55.7 Å². The van der Waals surface area contributed by atoms with Gasteiger partial charge in [0.2, 0.25) is 15.9 Å². The first-order chi connectivity index (χ1) is 14.7. The number of nitrogens with zero attached hydrogens (tertiary/aromatic N) is 2. The molecule has 0 saturated carbocycles. The lowest BCUT2D eigenvalue weighted by Gasteiger charge is -2.22. The van der Waals surface area contributed by atoms with E-state index >= 15 is 0 Å². The Morgan fingerprint density at radius 3 is 2.45 bits per heavy atom. The molecular formula is C22H27N3O4S2. The molecule has 1 aromatic heterocycles. The van der Waals surface area contributed by atoms with E-state index in [9.17, 15) is 18.0 Å². The van der Waals surface area contributed by atoms with Crippen molar-refractivity contribution in [3.63, 3.8) is 0 Å². The Morgan fingerprint density at radius 1 is 1.13 bits per heavy atom. The number of rotatable bonds is 9. The van der Waals surface area contributed by atoms with Crippen LogP contribution >= 0.6 is 11.3 Å². The number of hydrogen-bond acceptors (Lipinski definition) is 5. The largest absolute Gasteiger partial charge is 0.326 e. The van der Waals surface area contributed by atoms with Gasteiger partial charge in [0.1, 0.15) is 0 Å². The summed E-state index contributed by atoms with van der Waals surface area (Å²) in [6, 6.07) is 12.8. The van der Waals surface area contributed by atoms with Crippen LogP contribution in [0.15, 0.2) is 47.3 Å². The Kier molecular flexibility index (Phi) is 7.17. The van der Waals surface area contributed by atoms with Crippen molar-refractivity contribution < 1.29 is 13.2 Å². The quantitative estimate of drug-likeness (QED) is 0.525. The summed E-state index contributed by atoms with van der Waals surface area (Å²) in [6.07, 6.45) is 2.62. The molecule has 0 bridgehead atoms. The maximum atomic E-state index is 12.4. The third-order valence-corrected chi connectivity index (χ3v) is 7.20. The number of aryl methyl sites for hydroxylation is 2. The van der Waals surface area contributed by atoms with Crippen molar-refractivity contribution in [1.29, 1.82) is 0 Å². The summed E-state index contributed by atoms with van der Waals surface area (Å²) >= 11 is 1.15. The fourth-order valence-electron chi connectivity index (χ4n) is 3.43. The molecule has 166 valence electrons. The fourth-order valence-corrected chi connectivity index (χ4v) is 5.39. The van der Waals surface area contributed by atoms with Crippen molar-refractivity contribution >= 4 is 48.9 Å². The first kappa shape index (κ1) is 23.0. The van der Waals surface area contributed by atoms with E-state index in [4.69, 9.17) is 0 Å². The number of carbonyl (C=O) groups is 1. The number of hydrogen-bond donors (Lipinski definition) is 1. The highest BCUT2D eigenvalue weighted by atomic mass is 32.2. The lowest BCUT2D eigenvalue weighted by Crippen LogP contribution is -2.31. The predicted octanol–water partition coefficient (Wildman–Crippen LogP) is 3.83. The zero-order chi connectivity index (χ0) is 22.6. The van der Waals surface area contributed by atoms with Crippen LogP contribution in [0.3, 0.4) is 0 Å². The molecule has 1 heterocycles. The van der Waals surface area contributed by atoms with E-state index < -0.39 is 10.0 Å². The summed E-state index contributed by atoms with van der Waals surface area (Å²) in [4.78, 5) is 24.3. The predicted molar refractivity (Wildman–Crippen MR) is 128 cm³/mol. The van der Waals surface area contributed by atoms with E-state index in [-0.39, 0.29) is 23.7 Å². The first-order valence-corrected chi connectivity index (χ1v) is 12.9. The van der Waals surface area contributed by atoms with Crippen molar-refractivity contribution in [2.24, 2.45) is 0 Å². The average molecular weight is 462 g/mol. The van der Waals surface area contributed by atoms with Crippen LogP contribution in [0.2, 0.25) is 0 Å². The second kappa shape index (κ2) is 9.65. The molecule has 0 aliphatic rings. The number of sulfonamides is 1. The van der Waals surface area contributed by atoms with Gasteiger partial charge in [-0.1, -0.05) is 30.4 Å². The van der Waals surface area contributed by atoms with Gasteiger partial charge in [0.15, 0.2) is 0 Å². The van der Waals surface area contributed by atoms with Crippen LogP contribution in [-0.2, 0) is 27.8 Å². The van der Waals surface area contributed by atoms with Crippen LogP contribution in [0.4, 0.5) is 11.4 Å². The van der Waals surface area contributed by atoms with Crippen LogP contribution in [-0.4, -0.2) is 31.7 Å². The van der Waals surface area contributed by atoms with Crippen LogP contribution in [0.1, 0.15) is 32.3 Å². The smallest absolute Gasteiger partial charge is 0.308 e. The minimum absolute atomic E-state index is 0.0196. The first-order valence-electron chi connectivity index (χ1n) is 10.2. The number of fused-ring (bicyclic) bond motifs is 1. The molecule has 31 heavy (non-hydrogen) atoms. The maximum Gasteiger partial charge on any atom is 0.308 e. The molecule has 0 unspecified atom stereocenters. The molecule has 3 rings (SSSR count). The van der Waals surface area contributed by atoms with Crippen molar-refractivity contribution in [2.45, 2.75) is 39.7 Å². The summed E-state index contributed by atoms with van der Waals surface area (Å²) < 4.78 is 28.3. The highest BCUT2D eigenvalue weighted by Crippen LogP contribution is 2.23. The number of aromatic nitrogens is 1. The van der Waals surface area contributed by atoms with E-state index in [1.807, 2.05) is 32.0 Å². The summed E-state index contributed by atoms with van der Waals surface area (Å²) in [6.45, 7) is 4.78. The van der Waals surface area contributed by atoms with Crippen LogP contribution in [0.5, 0.6) is 0 Å². The van der Waals surface area contributed by atoms with Gasteiger partial charge in [0.25, 0.3) is 0 Å². The summed E-state index contributed by atoms with van der Waals surface area (Å²) in [5, 5.41) is 2.84. The molecule has 0 spiro atoms. The maximum absolute atomic E-state index is 12.4. The van der Waals surface area contributed by atoms with E-state index in [1.165, 1.54) is 10.6 Å². The minimum atomic E-state index is -3.45. The van der Waals surface area contributed by atoms with E-state index in [0.717, 1.165) is 33.5 Å². The van der Waals surface area contributed by atoms with Gasteiger partial charge in [-0.3, -0.25) is 18.5 Å². The highest BCUT2D eigenvalue weighted by Gasteiger charge is 2.17. The molecule has 0 fully saturated rings. The SMILES string of the molecule is CCc1ccc(N(CCCC(=O)Nc2ccc3c(c2)sc(=O)n3CC)S(C)(=O)=O)cc1. The second-order valence-corrected chi connectivity index (χ2v) is 10.2. The van der Waals surface area contributed by atoms with Gasteiger partial charge in [0.05, 0.1) is 22.2 Å². The molecule has 1 N–H and O–H groups in total. The van der Waals surface area contributed by atoms with Gasteiger partial charge >= 0.3 is 4.87 Å². The molecular weight excluding hydrogens is 434 g/mol. The molecule has 0 aliphatic heterocycles. The summed E-state index contributed by atoms with van der Waals surface area (Å²) in [7, 11) is -3.45. The van der Waals surface area contributed by atoms with Gasteiger partial charge in [-0.15, -0.1) is 0 Å². The van der Waals surface area contributed by atoms with Crippen LogP contribution in [0, 0.1) is 0 Å². The van der Waals surface area contributed by atoms with Crippen LogP contribution < -0.4 is 14.5 Å². The third-order valence-electron chi connectivity index (χ3n) is 5.07. The minimum Gasteiger partial charge on any atom is -0.326 e. The highest BCUT2D eigenvalue weighted by molar-refractivity contribution is 7.92. The Hall–Kier alpha value is -2.65. The second-order valence-electron chi connectivity index (χ2n) is 7.30. The zero-order valence-electron chi connectivity index (χ0n) is 17.9. The molecule has 3 aromatic rings. The van der Waals surface area contributed by atoms with Crippen molar-refractivity contribution in [2.75, 3.05) is 22.4 Å². The Bertz CT molecular complexity index is 1230. The molecule has 9 heteroatoms. The lowest BCUT2D eigenvalue weighted by atomic mass is 10.1. The average Bonchev–Trinajstić information content (AvgIpc) is 3.04. The summed E-state index contributed by atoms with van der Waals surface area (Å²) in [5.74, 6) is -0.198. The normalized spacial score (nSPS) is 11.6. The number of benzene rings is 2. The molecule has 0 aliphatic carbocycles. The number of anilines is 2. The van der Waals surface area contributed by atoms with Gasteiger partial charge in [0, 0.05) is 25.2 Å². The van der Waals surface area contributed by atoms with Gasteiger partial charge in [-0.25, -0.2) is 8.42 Å². The molecule has 1 amide bonds. The summed E-state index contributed by atoms with van der Waals surface area (Å²) in [5.41, 5.74) is 3.21. The Balaban J connectivity index is 1.62. The molecule has 0 atom stereocenters. The van der Waals surface area contributed by atoms with Gasteiger partial charge in [-0.2, -0.15) is 0 Å². The molecule has 0 radical (unpaired) electrons. The van der Waals surface area contributed by atoms with Crippen molar-refractivity contribution in [1.82, 2.24) is 4.57 Å². The van der Waals surface area contributed by atoms with E-state index in [2.05, 4.69) is 5.32 Å². The monoisotopic (exact) mass is 461 g/mol. The van der Waals surface area contributed by atoms with E-state index in [0.29, 0.717) is 24.3 Å². The fraction of sp³-hybridized carbons (Fsp3) is 0.364. The zero-order valence-corrected chi connectivity index (χ0v) is 19.6. The lowest BCUT2D eigenvalue weighted by molar-refractivity contribution is -0.116. The third kappa shape index (κ3) is 5.54. The Morgan fingerprint density at radius 2 is 1.84 bits per heavy atom. The molecule has 0 saturated heterocycles. The standard InChI is InChI=1S/C22H27N3O4S2/c1-4-16-8-11-18(12-9-16)25(31(3,28)29)14-6-7-21(26)23-17-10-13-19-20(15-17)30-22(27)24(19)5-2/h8-13,15H,4-7,14H2,1-3H3,(H,23,26). The number of carbonyl (C=O) groups excluding carboxylic acids is 1. The van der Waals surface area contributed by atoms with E-state index in [1.54, 1.807) is 28.8 Å². The number of amides is 1. The molecule has 7 nitrogen and oxygen atoms in total. The molecule has 2 aromatic carbocycles. The van der Waals surface area contributed by atoms with Crippen molar-refractivity contribution in [3.8, 4) is 0 Å². The van der Waals surface area contributed by atoms with Crippen LogP contribution in [0.25, 0.3) is 10.2 Å². The van der Waals surface area contributed by atoms with Gasteiger partial charge < -0.3 is 5.32 Å². The number of nitrogens with one attached hydrogen (secondary N) is 1.